The molecule has 2 N–H and O–H groups in total. The van der Waals surface area contributed by atoms with Crippen molar-refractivity contribution in [2.24, 2.45) is 17.3 Å². The van der Waals surface area contributed by atoms with Crippen molar-refractivity contribution in [3.8, 4) is 0 Å². The van der Waals surface area contributed by atoms with E-state index in [1.54, 1.807) is 0 Å². The van der Waals surface area contributed by atoms with Crippen LogP contribution >= 0.6 is 0 Å². The summed E-state index contributed by atoms with van der Waals surface area (Å²) in [5.74, 6) is 0.891. The molecule has 4 aliphatic rings. The molecular weight excluding hydrogens is 272 g/mol. The highest BCUT2D eigenvalue weighted by molar-refractivity contribution is 5.43. The first kappa shape index (κ1) is 14.7. The van der Waals surface area contributed by atoms with Crippen molar-refractivity contribution in [3.63, 3.8) is 0 Å². The molecule has 0 radical (unpaired) electrons. The van der Waals surface area contributed by atoms with Crippen LogP contribution in [-0.4, -0.2) is 21.9 Å². The minimum absolute atomic E-state index is 0.131. The van der Waals surface area contributed by atoms with Crippen LogP contribution in [0.5, 0.6) is 0 Å². The van der Waals surface area contributed by atoms with Crippen LogP contribution in [0.2, 0.25) is 0 Å². The van der Waals surface area contributed by atoms with Gasteiger partial charge >= 0.3 is 0 Å². The van der Waals surface area contributed by atoms with E-state index in [-0.39, 0.29) is 11.5 Å². The summed E-state index contributed by atoms with van der Waals surface area (Å²) in [5.41, 5.74) is 3.44. The molecule has 0 aromatic rings. The van der Waals surface area contributed by atoms with Gasteiger partial charge < -0.3 is 10.2 Å². The highest BCUT2D eigenvalue weighted by Gasteiger charge is 2.54. The van der Waals surface area contributed by atoms with Crippen LogP contribution in [0, 0.1) is 17.3 Å². The van der Waals surface area contributed by atoms with Crippen LogP contribution in [-0.2, 0) is 0 Å². The molecule has 0 saturated heterocycles. The largest absolute Gasteiger partial charge is 0.393 e. The number of aliphatic hydroxyl groups is 2. The molecule has 0 amide bonds. The van der Waals surface area contributed by atoms with Gasteiger partial charge in [-0.05, 0) is 68.8 Å². The van der Waals surface area contributed by atoms with Crippen molar-refractivity contribution in [1.82, 2.24) is 0 Å². The zero-order valence-electron chi connectivity index (χ0n) is 13.8. The molecule has 0 aromatic heterocycles. The Kier molecular flexibility index (Phi) is 3.22. The lowest BCUT2D eigenvalue weighted by molar-refractivity contribution is -0.0380. The van der Waals surface area contributed by atoms with Crippen molar-refractivity contribution in [1.29, 1.82) is 0 Å². The maximum absolute atomic E-state index is 11.6. The average Bonchev–Trinajstić information content (AvgIpc) is 2.70. The van der Waals surface area contributed by atoms with Gasteiger partial charge in [0.1, 0.15) is 0 Å². The van der Waals surface area contributed by atoms with Gasteiger partial charge in [0.25, 0.3) is 0 Å². The first-order chi connectivity index (χ1) is 10.4. The van der Waals surface area contributed by atoms with Gasteiger partial charge in [-0.3, -0.25) is 0 Å². The van der Waals surface area contributed by atoms with E-state index in [0.717, 1.165) is 50.5 Å². The van der Waals surface area contributed by atoms with E-state index >= 15 is 0 Å². The Morgan fingerprint density at radius 2 is 2.00 bits per heavy atom. The predicted octanol–water partition coefficient (Wildman–Crippen LogP) is 3.90. The second-order valence-corrected chi connectivity index (χ2v) is 8.27. The number of hydrogen-bond acceptors (Lipinski definition) is 2. The Morgan fingerprint density at radius 3 is 2.82 bits per heavy atom. The number of fused-ring (bicyclic) bond motifs is 4. The molecule has 0 bridgehead atoms. The topological polar surface area (TPSA) is 40.5 Å². The van der Waals surface area contributed by atoms with E-state index in [1.165, 1.54) is 11.1 Å². The fraction of sp³-hybridized carbons (Fsp3) is 0.700. The molecule has 0 spiro atoms. The third kappa shape index (κ3) is 1.93. The van der Waals surface area contributed by atoms with E-state index in [4.69, 9.17) is 0 Å². The second-order valence-electron chi connectivity index (χ2n) is 8.27. The summed E-state index contributed by atoms with van der Waals surface area (Å²) >= 11 is 0. The van der Waals surface area contributed by atoms with Crippen LogP contribution in [0.4, 0.5) is 0 Å². The molecule has 0 aliphatic heterocycles. The van der Waals surface area contributed by atoms with Gasteiger partial charge in [0, 0.05) is 5.92 Å². The maximum Gasteiger partial charge on any atom is 0.0933 e. The van der Waals surface area contributed by atoms with Gasteiger partial charge in [0.15, 0.2) is 0 Å². The summed E-state index contributed by atoms with van der Waals surface area (Å²) in [4.78, 5) is 0. The van der Waals surface area contributed by atoms with E-state index in [9.17, 15) is 10.2 Å². The lowest BCUT2D eigenvalue weighted by atomic mass is 9.59. The number of allylic oxidation sites excluding steroid dienone is 3. The molecule has 4 unspecified atom stereocenters. The van der Waals surface area contributed by atoms with Crippen LogP contribution in [0.25, 0.3) is 0 Å². The zero-order chi connectivity index (χ0) is 15.5. The highest BCUT2D eigenvalue weighted by Crippen LogP contribution is 2.58. The molecule has 2 nitrogen and oxygen atoms in total. The minimum Gasteiger partial charge on any atom is -0.393 e. The predicted molar refractivity (Wildman–Crippen MR) is 88.3 cm³/mol. The van der Waals surface area contributed by atoms with Crippen LogP contribution in [0.15, 0.2) is 34.9 Å². The Labute approximate surface area is 133 Å². The van der Waals surface area contributed by atoms with Crippen LogP contribution in [0.1, 0.15) is 58.8 Å². The van der Waals surface area contributed by atoms with Gasteiger partial charge in [-0.2, -0.15) is 0 Å². The molecule has 1 fully saturated rings. The van der Waals surface area contributed by atoms with Crippen molar-refractivity contribution in [3.05, 3.63) is 34.9 Å². The maximum atomic E-state index is 11.6. The third-order valence-corrected chi connectivity index (χ3v) is 7.21. The molecular formula is C20H28O2. The normalized spacial score (nSPS) is 47.5. The fourth-order valence-corrected chi connectivity index (χ4v) is 5.51. The lowest BCUT2D eigenvalue weighted by Crippen LogP contribution is -2.48. The molecule has 1 saturated carbocycles. The molecule has 22 heavy (non-hydrogen) atoms. The lowest BCUT2D eigenvalue weighted by Gasteiger charge is -2.48. The standard InChI is InChI=1S/C20H28O2/c1-13-3-6-18-19(13,2)9-8-16-11-15-12-17(21)5-4-14(15)7-10-20(16,18)22/h3,8,11,14,17-18,21-22H,4-7,9-10,12H2,1-2H3/t14?,17?,18?,19?,20-/m1/s1. The Balaban J connectivity index is 1.74. The quantitative estimate of drug-likeness (QED) is 0.666. The summed E-state index contributed by atoms with van der Waals surface area (Å²) in [6, 6.07) is 0. The average molecular weight is 300 g/mol. The van der Waals surface area contributed by atoms with Gasteiger partial charge in [-0.15, -0.1) is 0 Å². The minimum atomic E-state index is -0.670. The SMILES string of the molecule is CC1=CCC2C1(C)CC=C1C=C3CC(O)CCC3CC[C@@]12O. The summed E-state index contributed by atoms with van der Waals surface area (Å²) in [7, 11) is 0. The van der Waals surface area contributed by atoms with Gasteiger partial charge in [-0.1, -0.05) is 36.3 Å². The summed E-state index contributed by atoms with van der Waals surface area (Å²) in [5, 5.41) is 21.6. The molecule has 4 aliphatic carbocycles. The molecule has 2 heteroatoms. The molecule has 120 valence electrons. The van der Waals surface area contributed by atoms with E-state index < -0.39 is 5.60 Å². The smallest absolute Gasteiger partial charge is 0.0933 e. The van der Waals surface area contributed by atoms with E-state index in [0.29, 0.717) is 11.8 Å². The molecule has 5 atom stereocenters. The molecule has 4 rings (SSSR count). The van der Waals surface area contributed by atoms with E-state index in [1.807, 2.05) is 0 Å². The number of hydrogen-bond donors (Lipinski definition) is 2. The first-order valence-electron chi connectivity index (χ1n) is 8.92. The second kappa shape index (κ2) is 4.82. The molecule has 0 heterocycles. The van der Waals surface area contributed by atoms with Crippen LogP contribution in [0.3, 0.4) is 0 Å². The van der Waals surface area contributed by atoms with Gasteiger partial charge in [0.05, 0.1) is 11.7 Å². The summed E-state index contributed by atoms with van der Waals surface area (Å²) in [6.07, 6.45) is 13.5. The monoisotopic (exact) mass is 300 g/mol. The highest BCUT2D eigenvalue weighted by atomic mass is 16.3. The van der Waals surface area contributed by atoms with Crippen molar-refractivity contribution < 1.29 is 10.2 Å². The Morgan fingerprint density at radius 1 is 1.18 bits per heavy atom. The zero-order valence-corrected chi connectivity index (χ0v) is 13.8. The van der Waals surface area contributed by atoms with Crippen molar-refractivity contribution in [2.75, 3.05) is 0 Å². The van der Waals surface area contributed by atoms with Gasteiger partial charge in [0.2, 0.25) is 0 Å². The van der Waals surface area contributed by atoms with E-state index in [2.05, 4.69) is 32.1 Å². The first-order valence-corrected chi connectivity index (χ1v) is 8.92. The fourth-order valence-electron chi connectivity index (χ4n) is 5.51. The van der Waals surface area contributed by atoms with Gasteiger partial charge in [-0.25, -0.2) is 0 Å². The third-order valence-electron chi connectivity index (χ3n) is 7.21. The Hall–Kier alpha value is -0.860. The Bertz CT molecular complexity index is 585. The number of aliphatic hydroxyl groups excluding tert-OH is 1. The number of rotatable bonds is 0. The van der Waals surface area contributed by atoms with Crippen LogP contribution < -0.4 is 0 Å². The summed E-state index contributed by atoms with van der Waals surface area (Å²) < 4.78 is 0. The van der Waals surface area contributed by atoms with Crippen molar-refractivity contribution in [2.45, 2.75) is 70.5 Å². The summed E-state index contributed by atoms with van der Waals surface area (Å²) in [6.45, 7) is 4.56. The van der Waals surface area contributed by atoms with Crippen molar-refractivity contribution >= 4 is 0 Å². The molecule has 0 aromatic carbocycles.